The SMILES string of the molecule is c1ccc2c(c1)Oc1c(c3oc4ccccc4c3c3ccccc13)N2c1ccc(-c2cc3ccccc3c3ccccc23)cc1. The third-order valence-electron chi connectivity index (χ3n) is 9.21. The van der Waals surface area contributed by atoms with Crippen LogP contribution in [0.2, 0.25) is 0 Å². The molecule has 1 aliphatic heterocycles. The second kappa shape index (κ2) is 9.22. The van der Waals surface area contributed by atoms with Gasteiger partial charge < -0.3 is 14.1 Å². The molecule has 9 aromatic rings. The minimum Gasteiger partial charge on any atom is -0.454 e. The summed E-state index contributed by atoms with van der Waals surface area (Å²) in [5, 5.41) is 9.42. The van der Waals surface area contributed by atoms with E-state index >= 15 is 0 Å². The maximum atomic E-state index is 6.73. The first-order valence-corrected chi connectivity index (χ1v) is 15.3. The van der Waals surface area contributed by atoms with Crippen molar-refractivity contribution in [3.8, 4) is 22.6 Å². The molecule has 0 saturated carbocycles. The van der Waals surface area contributed by atoms with Crippen molar-refractivity contribution < 1.29 is 9.15 Å². The lowest BCUT2D eigenvalue weighted by atomic mass is 9.93. The number of hydrogen-bond acceptors (Lipinski definition) is 3. The van der Waals surface area contributed by atoms with Gasteiger partial charge in [0.1, 0.15) is 11.3 Å². The lowest BCUT2D eigenvalue weighted by molar-refractivity contribution is 0.482. The number of furan rings is 1. The fourth-order valence-electron chi connectivity index (χ4n) is 7.23. The van der Waals surface area contributed by atoms with Crippen LogP contribution in [0.15, 0.2) is 156 Å². The van der Waals surface area contributed by atoms with Crippen molar-refractivity contribution in [3.63, 3.8) is 0 Å². The summed E-state index contributed by atoms with van der Waals surface area (Å²) in [6.45, 7) is 0. The quantitative estimate of drug-likeness (QED) is 0.192. The summed E-state index contributed by atoms with van der Waals surface area (Å²) < 4.78 is 13.4. The lowest BCUT2D eigenvalue weighted by Gasteiger charge is -2.33. The summed E-state index contributed by atoms with van der Waals surface area (Å²) in [6.07, 6.45) is 0. The van der Waals surface area contributed by atoms with E-state index in [0.29, 0.717) is 0 Å². The molecule has 0 amide bonds. The molecular weight excluding hydrogens is 550 g/mol. The van der Waals surface area contributed by atoms with Gasteiger partial charge in [-0.15, -0.1) is 0 Å². The van der Waals surface area contributed by atoms with Crippen LogP contribution >= 0.6 is 0 Å². The number of fused-ring (bicyclic) bond motifs is 12. The smallest absolute Gasteiger partial charge is 0.163 e. The Labute approximate surface area is 259 Å². The Morgan fingerprint density at radius 1 is 0.489 bits per heavy atom. The first-order valence-electron chi connectivity index (χ1n) is 15.3. The zero-order chi connectivity index (χ0) is 29.5. The molecule has 10 rings (SSSR count). The third-order valence-corrected chi connectivity index (χ3v) is 9.21. The first-order chi connectivity index (χ1) is 22.3. The second-order valence-electron chi connectivity index (χ2n) is 11.7. The lowest BCUT2D eigenvalue weighted by Crippen LogP contribution is -2.16. The summed E-state index contributed by atoms with van der Waals surface area (Å²) in [6, 6.07) is 53.6. The largest absolute Gasteiger partial charge is 0.454 e. The molecule has 0 spiro atoms. The van der Waals surface area contributed by atoms with E-state index < -0.39 is 0 Å². The molecule has 1 aromatic heterocycles. The number of benzene rings is 8. The van der Waals surface area contributed by atoms with Gasteiger partial charge in [0.25, 0.3) is 0 Å². The Kier molecular flexibility index (Phi) is 5.00. The summed E-state index contributed by atoms with van der Waals surface area (Å²) in [4.78, 5) is 2.30. The van der Waals surface area contributed by atoms with E-state index in [2.05, 4.69) is 132 Å². The monoisotopic (exact) mass is 575 g/mol. The maximum absolute atomic E-state index is 6.73. The van der Waals surface area contributed by atoms with Crippen LogP contribution in [-0.4, -0.2) is 0 Å². The summed E-state index contributed by atoms with van der Waals surface area (Å²) in [5.41, 5.74) is 7.03. The van der Waals surface area contributed by atoms with Gasteiger partial charge in [-0.25, -0.2) is 0 Å². The third kappa shape index (κ3) is 3.46. The standard InChI is InChI=1S/C42H25NO2/c1-2-12-29-27(11-1)25-35(31-14-4-3-13-30(29)31)26-21-23-28(24-22-26)43-36-18-8-10-20-38(36)45-41-33-16-6-5-15-32(33)39-34-17-7-9-19-37(34)44-42(39)40(41)43/h1-25H. The van der Waals surface area contributed by atoms with Crippen molar-refractivity contribution in [1.82, 2.24) is 0 Å². The molecule has 45 heavy (non-hydrogen) atoms. The molecule has 3 heteroatoms. The summed E-state index contributed by atoms with van der Waals surface area (Å²) in [5.74, 6) is 1.62. The van der Waals surface area contributed by atoms with Gasteiger partial charge in [0.05, 0.1) is 5.69 Å². The summed E-state index contributed by atoms with van der Waals surface area (Å²) >= 11 is 0. The first kappa shape index (κ1) is 24.4. The van der Waals surface area contributed by atoms with Gasteiger partial charge in [0.2, 0.25) is 0 Å². The highest BCUT2D eigenvalue weighted by atomic mass is 16.5. The van der Waals surface area contributed by atoms with Crippen LogP contribution in [0.5, 0.6) is 11.5 Å². The van der Waals surface area contributed by atoms with Gasteiger partial charge in [-0.2, -0.15) is 0 Å². The van der Waals surface area contributed by atoms with Gasteiger partial charge in [-0.3, -0.25) is 0 Å². The fraction of sp³-hybridized carbons (Fsp3) is 0. The van der Waals surface area contributed by atoms with E-state index in [1.54, 1.807) is 0 Å². The van der Waals surface area contributed by atoms with Crippen LogP contribution < -0.4 is 9.64 Å². The van der Waals surface area contributed by atoms with Gasteiger partial charge in [-0.05, 0) is 74.5 Å². The molecule has 8 aromatic carbocycles. The van der Waals surface area contributed by atoms with Gasteiger partial charge in [0, 0.05) is 21.8 Å². The number of ether oxygens (including phenoxy) is 1. The van der Waals surface area contributed by atoms with Crippen molar-refractivity contribution in [2.75, 3.05) is 4.90 Å². The number of nitrogens with zero attached hydrogens (tertiary/aromatic N) is 1. The molecule has 0 radical (unpaired) electrons. The zero-order valence-electron chi connectivity index (χ0n) is 24.2. The predicted octanol–water partition coefficient (Wildman–Crippen LogP) is 12.3. The molecule has 1 aliphatic rings. The normalized spacial score (nSPS) is 12.6. The molecule has 0 fully saturated rings. The van der Waals surface area contributed by atoms with Crippen molar-refractivity contribution in [1.29, 1.82) is 0 Å². The van der Waals surface area contributed by atoms with E-state index in [1.807, 2.05) is 24.3 Å². The van der Waals surface area contributed by atoms with E-state index in [1.165, 1.54) is 32.7 Å². The topological polar surface area (TPSA) is 25.6 Å². The molecule has 0 saturated heterocycles. The molecule has 210 valence electrons. The highest BCUT2D eigenvalue weighted by Crippen LogP contribution is 2.57. The molecule has 0 atom stereocenters. The van der Waals surface area contributed by atoms with Gasteiger partial charge in [0.15, 0.2) is 17.1 Å². The highest BCUT2D eigenvalue weighted by Gasteiger charge is 2.32. The van der Waals surface area contributed by atoms with Crippen LogP contribution in [0.4, 0.5) is 17.1 Å². The minimum absolute atomic E-state index is 0.806. The number of rotatable bonds is 2. The van der Waals surface area contributed by atoms with Crippen LogP contribution in [-0.2, 0) is 0 Å². The summed E-state index contributed by atoms with van der Waals surface area (Å²) in [7, 11) is 0. The van der Waals surface area contributed by atoms with E-state index in [4.69, 9.17) is 9.15 Å². The van der Waals surface area contributed by atoms with Crippen molar-refractivity contribution in [2.24, 2.45) is 0 Å². The molecular formula is C42H25NO2. The van der Waals surface area contributed by atoms with Crippen LogP contribution in [0.3, 0.4) is 0 Å². The Balaban J connectivity index is 1.23. The Morgan fingerprint density at radius 2 is 1.13 bits per heavy atom. The molecule has 0 bridgehead atoms. The van der Waals surface area contributed by atoms with Gasteiger partial charge >= 0.3 is 0 Å². The van der Waals surface area contributed by atoms with E-state index in [9.17, 15) is 0 Å². The Bertz CT molecular complexity index is 2630. The van der Waals surface area contributed by atoms with Crippen LogP contribution in [0.25, 0.3) is 65.4 Å². The molecule has 3 nitrogen and oxygen atoms in total. The van der Waals surface area contributed by atoms with E-state index in [0.717, 1.165) is 61.3 Å². The van der Waals surface area contributed by atoms with Crippen molar-refractivity contribution in [3.05, 3.63) is 152 Å². The maximum Gasteiger partial charge on any atom is 0.163 e. The van der Waals surface area contributed by atoms with E-state index in [-0.39, 0.29) is 0 Å². The van der Waals surface area contributed by atoms with Crippen LogP contribution in [0.1, 0.15) is 0 Å². The molecule has 2 heterocycles. The predicted molar refractivity (Wildman–Crippen MR) is 186 cm³/mol. The van der Waals surface area contributed by atoms with Gasteiger partial charge in [-0.1, -0.05) is 115 Å². The minimum atomic E-state index is 0.806. The number of para-hydroxylation sites is 3. The number of hydrogen-bond donors (Lipinski definition) is 0. The average molecular weight is 576 g/mol. The average Bonchev–Trinajstić information content (AvgIpc) is 3.50. The molecule has 0 unspecified atom stereocenters. The van der Waals surface area contributed by atoms with Crippen molar-refractivity contribution in [2.45, 2.75) is 0 Å². The molecule has 0 N–H and O–H groups in total. The van der Waals surface area contributed by atoms with Crippen LogP contribution in [0, 0.1) is 0 Å². The second-order valence-corrected chi connectivity index (χ2v) is 11.7. The highest BCUT2D eigenvalue weighted by molar-refractivity contribution is 6.26. The van der Waals surface area contributed by atoms with Crippen molar-refractivity contribution >= 4 is 71.3 Å². The Hall–Kier alpha value is -6.06. The zero-order valence-corrected chi connectivity index (χ0v) is 24.2. The number of anilines is 3. The Morgan fingerprint density at radius 3 is 1.98 bits per heavy atom. The molecule has 0 aliphatic carbocycles. The fourth-order valence-corrected chi connectivity index (χ4v) is 7.23.